The third-order valence-corrected chi connectivity index (χ3v) is 14.6. The van der Waals surface area contributed by atoms with Crippen LogP contribution in [0.2, 0.25) is 0 Å². The highest BCUT2D eigenvalue weighted by Crippen LogP contribution is 2.28. The Kier molecular flexibility index (Phi) is 72.5. The number of nitro groups is 2. The molecule has 0 bridgehead atoms. The maximum atomic E-state index is 10.7. The van der Waals surface area contributed by atoms with Crippen LogP contribution in [-0.4, -0.2) is 112 Å². The van der Waals surface area contributed by atoms with E-state index in [1.807, 2.05) is 0 Å². The molecule has 8 N–H and O–H groups in total. The van der Waals surface area contributed by atoms with E-state index >= 15 is 0 Å². The van der Waals surface area contributed by atoms with Crippen LogP contribution in [0.4, 0.5) is 0 Å². The minimum Gasteiger partial charge on any atom is -0.481 e. The number of nitrogens with zero attached hydrogens (tertiary/aromatic N) is 2. The van der Waals surface area contributed by atoms with Gasteiger partial charge < -0.3 is 40.9 Å². The van der Waals surface area contributed by atoms with Crippen molar-refractivity contribution in [1.29, 1.82) is 0 Å². The summed E-state index contributed by atoms with van der Waals surface area (Å²) in [5.41, 5.74) is -5.69. The number of aliphatic hydroxyl groups is 4. The van der Waals surface area contributed by atoms with Crippen molar-refractivity contribution in [2.24, 2.45) is 0 Å². The summed E-state index contributed by atoms with van der Waals surface area (Å²) >= 11 is 0. The van der Waals surface area contributed by atoms with Crippen molar-refractivity contribution in [2.45, 2.75) is 347 Å². The van der Waals surface area contributed by atoms with E-state index in [0.717, 1.165) is 51.4 Å². The van der Waals surface area contributed by atoms with Crippen molar-refractivity contribution in [1.82, 2.24) is 0 Å². The lowest BCUT2D eigenvalue weighted by Gasteiger charge is -2.32. The zero-order valence-electron chi connectivity index (χ0n) is 51.5. The number of carboxylic acids is 4. The number of aliphatic carboxylic acids is 4. The predicted molar refractivity (Wildman–Crippen MR) is 323 cm³/mol. The second-order valence-corrected chi connectivity index (χ2v) is 21.9. The minimum absolute atomic E-state index is 0.344. The maximum absolute atomic E-state index is 10.7. The molecule has 0 saturated carbocycles. The normalized spacial score (nSPS) is 10.9. The zero-order chi connectivity index (χ0) is 61.2. The summed E-state index contributed by atoms with van der Waals surface area (Å²) in [6.07, 6.45) is 57.4. The Morgan fingerprint density at radius 3 is 0.463 bits per heavy atom. The van der Waals surface area contributed by atoms with Crippen LogP contribution in [0.15, 0.2) is 0 Å². The first-order valence-electron chi connectivity index (χ1n) is 32.1. The largest absolute Gasteiger partial charge is 0.481 e. The van der Waals surface area contributed by atoms with Crippen LogP contribution in [-0.2, 0) is 19.2 Å². The van der Waals surface area contributed by atoms with Gasteiger partial charge in [-0.25, -0.2) is 0 Å². The number of carbonyl (C=O) groups is 4. The lowest BCUT2D eigenvalue weighted by Crippen LogP contribution is -2.71. The van der Waals surface area contributed by atoms with Gasteiger partial charge in [0.1, 0.15) is 26.4 Å². The quantitative estimate of drug-likeness (QED) is 0.0159. The smallest absolute Gasteiger partial charge is 0.339 e. The number of carboxylic acid groups (broad SMARTS) is 4. The average molecular weight is 1150 g/mol. The molecule has 478 valence electrons. The van der Waals surface area contributed by atoms with Crippen LogP contribution >= 0.6 is 0 Å². The van der Waals surface area contributed by atoms with E-state index in [4.69, 9.17) is 40.9 Å². The first-order valence-corrected chi connectivity index (χ1v) is 32.1. The fraction of sp³-hybridized carbons (Fsp3) is 0.935. The zero-order valence-corrected chi connectivity index (χ0v) is 51.5. The summed E-state index contributed by atoms with van der Waals surface area (Å²) in [4.78, 5) is 59.9. The van der Waals surface area contributed by atoms with E-state index < -0.39 is 71.2 Å². The molecule has 0 atom stereocenters. The van der Waals surface area contributed by atoms with Gasteiger partial charge in [0.2, 0.25) is 0 Å². The first-order chi connectivity index (χ1) is 38.5. The van der Waals surface area contributed by atoms with Gasteiger partial charge in [0.25, 0.3) is 0 Å². The summed E-state index contributed by atoms with van der Waals surface area (Å²) < 4.78 is 0. The van der Waals surface area contributed by atoms with Crippen LogP contribution in [0.25, 0.3) is 0 Å². The monoisotopic (exact) mass is 1150 g/mol. The molecule has 80 heavy (non-hydrogen) atoms. The molecule has 0 unspecified atom stereocenters. The Balaban J connectivity index is -0.000000293. The van der Waals surface area contributed by atoms with Gasteiger partial charge in [-0.2, -0.15) is 0 Å². The first kappa shape index (κ1) is 85.3. The minimum atomic E-state index is -2.85. The average Bonchev–Trinajstić information content (AvgIpc) is 3.42. The molecule has 0 radical (unpaired) electrons. The molecule has 0 heterocycles. The molecule has 0 spiro atoms. The van der Waals surface area contributed by atoms with Crippen molar-refractivity contribution in [3.63, 3.8) is 0 Å². The van der Waals surface area contributed by atoms with Crippen LogP contribution in [0.3, 0.4) is 0 Å². The van der Waals surface area contributed by atoms with Crippen molar-refractivity contribution in [2.75, 3.05) is 26.4 Å². The van der Waals surface area contributed by atoms with E-state index in [2.05, 4.69) is 27.7 Å². The highest BCUT2D eigenvalue weighted by molar-refractivity contribution is 5.67. The van der Waals surface area contributed by atoms with Gasteiger partial charge in [-0.1, -0.05) is 285 Å². The molecule has 0 aromatic rings. The van der Waals surface area contributed by atoms with Crippen LogP contribution in [0.1, 0.15) is 336 Å². The van der Waals surface area contributed by atoms with Crippen molar-refractivity contribution in [3.05, 3.63) is 20.2 Å². The third-order valence-electron chi connectivity index (χ3n) is 14.6. The highest BCUT2D eigenvalue weighted by Gasteiger charge is 2.70. The van der Waals surface area contributed by atoms with Crippen molar-refractivity contribution < 1.29 is 69.9 Å². The molecule has 0 aliphatic rings. The van der Waals surface area contributed by atoms with E-state index in [1.165, 1.54) is 231 Å². The van der Waals surface area contributed by atoms with Gasteiger partial charge in [0, 0.05) is 35.5 Å². The Hall–Kier alpha value is -3.48. The SMILES string of the molecule is CCCCCCCCCCCCCC(=O)O.CCCCCCCCCCCCCC(=O)O.CCCCCCCCCCCCCC(=O)O.CCCCCCCCCCCCCC(=O)O.O=[N+]([O-])C(CO)(CO)C(CO)(CO)[N+](=O)[O-]. The second kappa shape index (κ2) is 68.0. The molecule has 0 rings (SSSR count). The van der Waals surface area contributed by atoms with Gasteiger partial charge in [0.15, 0.2) is 0 Å². The van der Waals surface area contributed by atoms with Gasteiger partial charge in [-0.3, -0.25) is 39.4 Å². The lowest BCUT2D eigenvalue weighted by molar-refractivity contribution is -0.693. The number of rotatable bonds is 55. The van der Waals surface area contributed by atoms with Crippen LogP contribution in [0.5, 0.6) is 0 Å². The molecular weight excluding hydrogens is 1030 g/mol. The number of aliphatic hydroxyl groups excluding tert-OH is 4. The summed E-state index contributed by atoms with van der Waals surface area (Å²) in [6, 6.07) is 0. The molecule has 18 heteroatoms. The molecule has 0 aliphatic heterocycles. The van der Waals surface area contributed by atoms with Crippen molar-refractivity contribution >= 4 is 23.9 Å². The molecule has 0 aromatic heterocycles. The summed E-state index contributed by atoms with van der Waals surface area (Å²) in [6.45, 7) is 3.43. The van der Waals surface area contributed by atoms with Crippen LogP contribution < -0.4 is 0 Å². The highest BCUT2D eigenvalue weighted by atomic mass is 16.7. The van der Waals surface area contributed by atoms with Crippen LogP contribution in [0, 0.1) is 20.2 Å². The summed E-state index contributed by atoms with van der Waals surface area (Å²) in [5, 5.41) is 90.7. The summed E-state index contributed by atoms with van der Waals surface area (Å²) in [7, 11) is 0. The van der Waals surface area contributed by atoms with Crippen molar-refractivity contribution in [3.8, 4) is 0 Å². The third kappa shape index (κ3) is 60.6. The standard InChI is InChI=1S/4C14H28O2.C6H12N2O8/c4*1-2-3-4-5-6-7-8-9-10-11-12-13-14(15)16;9-1-5(2-10,7(13)14)6(3-11,4-12)8(15)16/h4*2-13H2,1H3,(H,15,16);9-12H,1-4H2. The number of hydrogen-bond acceptors (Lipinski definition) is 12. The molecule has 0 fully saturated rings. The summed E-state index contributed by atoms with van der Waals surface area (Å²) in [5.74, 6) is -2.63. The Morgan fingerprint density at radius 2 is 0.375 bits per heavy atom. The van der Waals surface area contributed by atoms with E-state index in [-0.39, 0.29) is 0 Å². The second-order valence-electron chi connectivity index (χ2n) is 21.9. The van der Waals surface area contributed by atoms with Gasteiger partial charge in [-0.15, -0.1) is 0 Å². The topological polar surface area (TPSA) is 316 Å². The predicted octanol–water partition coefficient (Wildman–Crippen LogP) is 16.1. The molecule has 0 aliphatic carbocycles. The van der Waals surface area contributed by atoms with E-state index in [0.29, 0.717) is 25.7 Å². The number of hydrogen-bond donors (Lipinski definition) is 8. The number of unbranched alkanes of at least 4 members (excludes halogenated alkanes) is 40. The fourth-order valence-electron chi connectivity index (χ4n) is 9.02. The van der Waals surface area contributed by atoms with Gasteiger partial charge >= 0.3 is 35.0 Å². The Labute approximate surface area is 485 Å². The molecular formula is C62H124N2O16. The maximum Gasteiger partial charge on any atom is 0.339 e. The Bertz CT molecular complexity index is 1190. The Morgan fingerprint density at radius 1 is 0.263 bits per heavy atom. The molecule has 18 nitrogen and oxygen atoms in total. The van der Waals surface area contributed by atoms with Gasteiger partial charge in [-0.05, 0) is 25.7 Å². The van der Waals surface area contributed by atoms with E-state index in [9.17, 15) is 39.4 Å². The fourth-order valence-corrected chi connectivity index (χ4v) is 9.02. The molecule has 0 saturated heterocycles. The molecule has 0 aromatic carbocycles. The lowest BCUT2D eigenvalue weighted by atomic mass is 9.79. The van der Waals surface area contributed by atoms with E-state index in [1.54, 1.807) is 0 Å². The molecule has 0 amide bonds. The van der Waals surface area contributed by atoms with Gasteiger partial charge in [0.05, 0.1) is 0 Å².